The average Bonchev–Trinajstić information content (AvgIpc) is 2.34. The van der Waals surface area contributed by atoms with Crippen molar-refractivity contribution in [1.29, 1.82) is 0 Å². The summed E-state index contributed by atoms with van der Waals surface area (Å²) in [6.45, 7) is 1.44. The number of hydrogen-bond acceptors (Lipinski definition) is 5. The van der Waals surface area contributed by atoms with Crippen LogP contribution in [0.1, 0.15) is 10.4 Å². The van der Waals surface area contributed by atoms with E-state index in [4.69, 9.17) is 17.4 Å². The predicted molar refractivity (Wildman–Crippen MR) is 72.6 cm³/mol. The lowest BCUT2D eigenvalue weighted by molar-refractivity contribution is 0.0786. The SMILES string of the molecule is CN(C)CCN(C)C(=O)c1cnc(NN)c(Cl)c1. The molecule has 0 saturated heterocycles. The number of likely N-dealkylation sites (N-methyl/N-ethyl adjacent to an activating group) is 2. The number of nitrogens with one attached hydrogen (secondary N) is 1. The molecule has 7 heteroatoms. The van der Waals surface area contributed by atoms with E-state index in [-0.39, 0.29) is 5.91 Å². The van der Waals surface area contributed by atoms with Crippen LogP contribution in [0, 0.1) is 0 Å². The Bertz CT molecular complexity index is 424. The molecule has 100 valence electrons. The quantitative estimate of drug-likeness (QED) is 0.608. The first-order valence-electron chi connectivity index (χ1n) is 5.48. The lowest BCUT2D eigenvalue weighted by Crippen LogP contribution is -2.33. The van der Waals surface area contributed by atoms with E-state index in [1.165, 1.54) is 6.20 Å². The van der Waals surface area contributed by atoms with E-state index in [2.05, 4.69) is 10.4 Å². The van der Waals surface area contributed by atoms with E-state index < -0.39 is 0 Å². The first-order chi connectivity index (χ1) is 8.45. The molecule has 1 rings (SSSR count). The minimum Gasteiger partial charge on any atom is -0.340 e. The Kier molecular flexibility index (Phi) is 5.33. The van der Waals surface area contributed by atoms with E-state index in [0.29, 0.717) is 22.9 Å². The molecule has 1 aromatic rings. The highest BCUT2D eigenvalue weighted by molar-refractivity contribution is 6.33. The maximum Gasteiger partial charge on any atom is 0.255 e. The number of halogens is 1. The van der Waals surface area contributed by atoms with Gasteiger partial charge in [0.1, 0.15) is 0 Å². The topological polar surface area (TPSA) is 74.5 Å². The van der Waals surface area contributed by atoms with E-state index in [1.54, 1.807) is 18.0 Å². The smallest absolute Gasteiger partial charge is 0.255 e. The lowest BCUT2D eigenvalue weighted by atomic mass is 10.2. The van der Waals surface area contributed by atoms with Crippen molar-refractivity contribution >= 4 is 23.3 Å². The highest BCUT2D eigenvalue weighted by atomic mass is 35.5. The highest BCUT2D eigenvalue weighted by Crippen LogP contribution is 2.19. The van der Waals surface area contributed by atoms with Crippen LogP contribution in [0.2, 0.25) is 5.02 Å². The van der Waals surface area contributed by atoms with Gasteiger partial charge in [-0.1, -0.05) is 11.6 Å². The van der Waals surface area contributed by atoms with Gasteiger partial charge >= 0.3 is 0 Å². The zero-order valence-corrected chi connectivity index (χ0v) is 11.5. The molecule has 0 atom stereocenters. The van der Waals surface area contributed by atoms with Crippen LogP contribution in [0.3, 0.4) is 0 Å². The number of nitrogens with zero attached hydrogens (tertiary/aromatic N) is 3. The molecule has 0 aromatic carbocycles. The summed E-state index contributed by atoms with van der Waals surface area (Å²) in [4.78, 5) is 19.7. The number of nitrogens with two attached hydrogens (primary N) is 1. The Morgan fingerprint density at radius 2 is 2.11 bits per heavy atom. The van der Waals surface area contributed by atoms with Gasteiger partial charge in [0.15, 0.2) is 5.82 Å². The summed E-state index contributed by atoms with van der Waals surface area (Å²) in [5.74, 6) is 5.45. The summed E-state index contributed by atoms with van der Waals surface area (Å²) in [5.41, 5.74) is 2.80. The summed E-state index contributed by atoms with van der Waals surface area (Å²) >= 11 is 5.92. The zero-order chi connectivity index (χ0) is 13.7. The average molecular weight is 272 g/mol. The van der Waals surface area contributed by atoms with Gasteiger partial charge in [-0.25, -0.2) is 10.8 Å². The molecule has 0 bridgehead atoms. The lowest BCUT2D eigenvalue weighted by Gasteiger charge is -2.19. The number of amides is 1. The molecule has 18 heavy (non-hydrogen) atoms. The molecule has 3 N–H and O–H groups in total. The zero-order valence-electron chi connectivity index (χ0n) is 10.8. The number of anilines is 1. The van der Waals surface area contributed by atoms with Crippen LogP contribution < -0.4 is 11.3 Å². The maximum absolute atomic E-state index is 12.1. The fraction of sp³-hybridized carbons (Fsp3) is 0.455. The number of rotatable bonds is 5. The number of hydrogen-bond donors (Lipinski definition) is 2. The Hall–Kier alpha value is -1.37. The second kappa shape index (κ2) is 6.53. The minimum absolute atomic E-state index is 0.116. The third-order valence-electron chi connectivity index (χ3n) is 2.45. The van der Waals surface area contributed by atoms with E-state index in [1.807, 2.05) is 19.0 Å². The van der Waals surface area contributed by atoms with E-state index in [9.17, 15) is 4.79 Å². The number of aromatic nitrogens is 1. The van der Waals surface area contributed by atoms with Gasteiger partial charge < -0.3 is 15.2 Å². The molecular formula is C11H18ClN5O. The van der Waals surface area contributed by atoms with Crippen molar-refractivity contribution in [3.8, 4) is 0 Å². The molecule has 0 saturated carbocycles. The van der Waals surface area contributed by atoms with Gasteiger partial charge in [0.2, 0.25) is 0 Å². The van der Waals surface area contributed by atoms with Crippen molar-refractivity contribution in [2.75, 3.05) is 39.7 Å². The Morgan fingerprint density at radius 1 is 1.44 bits per heavy atom. The number of nitrogen functional groups attached to an aromatic ring is 1. The predicted octanol–water partition coefficient (Wildman–Crippen LogP) is 0.654. The molecular weight excluding hydrogens is 254 g/mol. The van der Waals surface area contributed by atoms with Crippen LogP contribution in [0.4, 0.5) is 5.82 Å². The van der Waals surface area contributed by atoms with Crippen molar-refractivity contribution in [1.82, 2.24) is 14.8 Å². The Balaban J connectivity index is 2.74. The molecule has 0 aliphatic rings. The van der Waals surface area contributed by atoms with Crippen molar-refractivity contribution in [2.24, 2.45) is 5.84 Å². The van der Waals surface area contributed by atoms with Crippen molar-refractivity contribution in [3.63, 3.8) is 0 Å². The van der Waals surface area contributed by atoms with Crippen LogP contribution in [0.5, 0.6) is 0 Å². The van der Waals surface area contributed by atoms with Crippen molar-refractivity contribution in [3.05, 3.63) is 22.8 Å². The van der Waals surface area contributed by atoms with Gasteiger partial charge in [-0.15, -0.1) is 0 Å². The molecule has 0 aliphatic heterocycles. The third-order valence-corrected chi connectivity index (χ3v) is 2.74. The molecule has 0 unspecified atom stereocenters. The molecule has 6 nitrogen and oxygen atoms in total. The normalized spacial score (nSPS) is 10.6. The van der Waals surface area contributed by atoms with Gasteiger partial charge in [0, 0.05) is 26.3 Å². The van der Waals surface area contributed by atoms with Crippen molar-refractivity contribution in [2.45, 2.75) is 0 Å². The molecule has 1 amide bonds. The molecule has 1 heterocycles. The van der Waals surface area contributed by atoms with Gasteiger partial charge in [0.05, 0.1) is 10.6 Å². The van der Waals surface area contributed by atoms with Crippen LogP contribution in [0.25, 0.3) is 0 Å². The van der Waals surface area contributed by atoms with E-state index >= 15 is 0 Å². The number of hydrazine groups is 1. The molecule has 0 radical (unpaired) electrons. The summed E-state index contributed by atoms with van der Waals surface area (Å²) in [6, 6.07) is 1.55. The summed E-state index contributed by atoms with van der Waals surface area (Å²) in [5, 5.41) is 0.323. The summed E-state index contributed by atoms with van der Waals surface area (Å²) < 4.78 is 0. The minimum atomic E-state index is -0.116. The number of carbonyl (C=O) groups excluding carboxylic acids is 1. The van der Waals surface area contributed by atoms with Crippen LogP contribution >= 0.6 is 11.6 Å². The Labute approximate surface area is 112 Å². The second-order valence-electron chi connectivity index (χ2n) is 4.23. The summed E-state index contributed by atoms with van der Waals surface area (Å²) in [7, 11) is 5.66. The van der Waals surface area contributed by atoms with Crippen molar-refractivity contribution < 1.29 is 4.79 Å². The fourth-order valence-corrected chi connectivity index (χ4v) is 1.55. The standard InChI is InChI=1S/C11H18ClN5O/c1-16(2)4-5-17(3)11(18)8-6-9(12)10(15-13)14-7-8/h6-7H,4-5,13H2,1-3H3,(H,14,15). The van der Waals surface area contributed by atoms with Gasteiger partial charge in [-0.05, 0) is 20.2 Å². The van der Waals surface area contributed by atoms with E-state index in [0.717, 1.165) is 6.54 Å². The largest absolute Gasteiger partial charge is 0.340 e. The van der Waals surface area contributed by atoms with Gasteiger partial charge in [0.25, 0.3) is 5.91 Å². The first-order valence-corrected chi connectivity index (χ1v) is 5.86. The molecule has 1 aromatic heterocycles. The van der Waals surface area contributed by atoms with Crippen LogP contribution in [0.15, 0.2) is 12.3 Å². The fourth-order valence-electron chi connectivity index (χ4n) is 1.33. The third kappa shape index (κ3) is 3.83. The maximum atomic E-state index is 12.1. The molecule has 0 aliphatic carbocycles. The molecule has 0 spiro atoms. The summed E-state index contributed by atoms with van der Waals surface area (Å²) in [6.07, 6.45) is 1.45. The highest BCUT2D eigenvalue weighted by Gasteiger charge is 2.14. The first kappa shape index (κ1) is 14.7. The monoisotopic (exact) mass is 271 g/mol. The van der Waals surface area contributed by atoms with Crippen LogP contribution in [-0.2, 0) is 0 Å². The number of carbonyl (C=O) groups is 1. The van der Waals surface area contributed by atoms with Gasteiger partial charge in [-0.2, -0.15) is 0 Å². The Morgan fingerprint density at radius 3 is 2.61 bits per heavy atom. The number of pyridine rings is 1. The second-order valence-corrected chi connectivity index (χ2v) is 4.64. The van der Waals surface area contributed by atoms with Gasteiger partial charge in [-0.3, -0.25) is 4.79 Å². The van der Waals surface area contributed by atoms with Crippen LogP contribution in [-0.4, -0.2) is 54.9 Å². The molecule has 0 fully saturated rings.